The molecule has 1 aliphatic rings. The van der Waals surface area contributed by atoms with Crippen molar-refractivity contribution in [2.24, 2.45) is 0 Å². The summed E-state index contributed by atoms with van der Waals surface area (Å²) in [6, 6.07) is 128. The number of nitrogens with zero attached hydrogens (tertiary/aromatic N) is 6. The zero-order valence-corrected chi connectivity index (χ0v) is 78.6. The molecule has 0 bridgehead atoms. The van der Waals surface area contributed by atoms with Gasteiger partial charge in [-0.05, 0) is 188 Å². The van der Waals surface area contributed by atoms with E-state index in [-0.39, 0.29) is 5.41 Å². The first-order valence-electron chi connectivity index (χ1n) is 49.3. The second-order valence-corrected chi connectivity index (χ2v) is 39.6. The summed E-state index contributed by atoms with van der Waals surface area (Å²) in [5, 5.41) is 26.9. The molecular weight excluding hydrogens is 1750 g/mol. The summed E-state index contributed by atoms with van der Waals surface area (Å²) in [4.78, 5) is 31.3. The highest BCUT2D eigenvalue weighted by Gasteiger charge is 2.31. The van der Waals surface area contributed by atoms with Gasteiger partial charge in [-0.15, -0.1) is 0 Å². The average molecular weight is 1840 g/mol. The molecule has 30 aromatic rings. The van der Waals surface area contributed by atoms with Crippen molar-refractivity contribution >= 4 is 229 Å². The smallest absolute Gasteiger partial charge is 0.147 e. The van der Waals surface area contributed by atoms with E-state index in [0.29, 0.717) is 5.92 Å². The molecule has 1 aliphatic carbocycles. The summed E-state index contributed by atoms with van der Waals surface area (Å²) in [6.07, 6.45) is 12.0. The average Bonchev–Trinajstić information content (AvgIpc) is 1.56. The van der Waals surface area contributed by atoms with E-state index in [1.807, 2.05) is 79.3 Å². The van der Waals surface area contributed by atoms with Gasteiger partial charge in [-0.25, -0.2) is 15.0 Å². The van der Waals surface area contributed by atoms with E-state index in [1.54, 1.807) is 0 Å². The number of hydrogen-bond acceptors (Lipinski definition) is 12. The second kappa shape index (κ2) is 32.0. The third kappa shape index (κ3) is 13.1. The van der Waals surface area contributed by atoms with Gasteiger partial charge in [0.2, 0.25) is 0 Å². The SMILES string of the molecule is CC(C)(C)c1cc(-c2cnc3c4ccccc4c4ccccc4c3n2)cc(-c2c3oc4ccccc4c3cc3c2oc2ccccc23)c1.Cc1cc(-c2cnc3c4ccccc4c4ccccc4c3n2)cc(-c2c3oc4ccccc4c3cc3c2oc2ccccc23)c1.c1ccc2c(c1)oc1c(-c3cc(-c4cnc5c6ccccc6c6ccccc6c5n4)cc(C4CCCCC4)c3)c3oc4ccccc4c3cc12. The maximum absolute atomic E-state index is 6.73. The number of hydrogen-bond donors (Lipinski definition) is 0. The molecule has 0 unspecified atom stereocenters. The lowest BCUT2D eigenvalue weighted by Gasteiger charge is -2.23. The van der Waals surface area contributed by atoms with Crippen LogP contribution in [0.4, 0.5) is 0 Å². The number of furan rings is 6. The van der Waals surface area contributed by atoms with Crippen LogP contribution in [0.2, 0.25) is 0 Å². The molecule has 9 aromatic heterocycles. The molecule has 12 heteroatoms. The van der Waals surface area contributed by atoms with Crippen molar-refractivity contribution in [1.82, 2.24) is 29.9 Å². The van der Waals surface area contributed by atoms with Gasteiger partial charge in [-0.3, -0.25) is 15.0 Å². The normalized spacial score (nSPS) is 13.0. The lowest BCUT2D eigenvalue weighted by atomic mass is 9.82. The van der Waals surface area contributed by atoms with Crippen LogP contribution in [0.1, 0.15) is 75.5 Å². The van der Waals surface area contributed by atoms with Crippen molar-refractivity contribution < 1.29 is 26.5 Å². The van der Waals surface area contributed by atoms with Crippen LogP contribution in [-0.2, 0) is 5.41 Å². The van der Waals surface area contributed by atoms with E-state index in [9.17, 15) is 0 Å². The highest BCUT2D eigenvalue weighted by Crippen LogP contribution is 2.53. The van der Waals surface area contributed by atoms with Crippen LogP contribution in [-0.4, -0.2) is 29.9 Å². The van der Waals surface area contributed by atoms with Gasteiger partial charge >= 0.3 is 0 Å². The summed E-state index contributed by atoms with van der Waals surface area (Å²) in [5.41, 5.74) is 30.8. The molecule has 0 radical (unpaired) electrons. The first-order chi connectivity index (χ1) is 70.4. The van der Waals surface area contributed by atoms with Crippen LogP contribution in [0, 0.1) is 6.92 Å². The fourth-order valence-electron chi connectivity index (χ4n) is 23.2. The van der Waals surface area contributed by atoms with Gasteiger partial charge < -0.3 is 26.5 Å². The molecule has 9 heterocycles. The van der Waals surface area contributed by atoms with Crippen molar-refractivity contribution in [3.63, 3.8) is 0 Å². The Morgan fingerprint density at radius 3 is 0.734 bits per heavy atom. The Bertz CT molecular complexity index is 10300. The molecule has 143 heavy (non-hydrogen) atoms. The molecule has 676 valence electrons. The molecule has 31 rings (SSSR count). The van der Waals surface area contributed by atoms with Gasteiger partial charge in [0.25, 0.3) is 0 Å². The summed E-state index contributed by atoms with van der Waals surface area (Å²) < 4.78 is 40.0. The molecule has 1 saturated carbocycles. The summed E-state index contributed by atoms with van der Waals surface area (Å²) in [7, 11) is 0. The summed E-state index contributed by atoms with van der Waals surface area (Å²) in [6.45, 7) is 8.87. The quantitative estimate of drug-likeness (QED) is 0.139. The highest BCUT2D eigenvalue weighted by molar-refractivity contribution is 6.29. The van der Waals surface area contributed by atoms with Crippen molar-refractivity contribution in [3.05, 3.63) is 399 Å². The predicted octanol–water partition coefficient (Wildman–Crippen LogP) is 36.9. The molecule has 0 N–H and O–H groups in total. The molecule has 0 amide bonds. The number of aromatic nitrogens is 6. The van der Waals surface area contributed by atoms with Crippen LogP contribution in [0.3, 0.4) is 0 Å². The molecule has 0 aliphatic heterocycles. The monoisotopic (exact) mass is 1840 g/mol. The molecule has 21 aromatic carbocycles. The largest absolute Gasteiger partial charge is 0.455 e. The number of fused-ring (bicyclic) bond motifs is 36. The van der Waals surface area contributed by atoms with Crippen molar-refractivity contribution in [1.29, 1.82) is 0 Å². The Kier molecular flexibility index (Phi) is 18.4. The lowest BCUT2D eigenvalue weighted by Crippen LogP contribution is -2.11. The van der Waals surface area contributed by atoms with Gasteiger partial charge in [0.1, 0.15) is 67.0 Å². The van der Waals surface area contributed by atoms with Crippen LogP contribution in [0.5, 0.6) is 0 Å². The number of benzene rings is 21. The number of aryl methyl sites for hydroxylation is 1. The summed E-state index contributed by atoms with van der Waals surface area (Å²) >= 11 is 0. The Hall–Kier alpha value is -18.0. The zero-order chi connectivity index (χ0) is 94.6. The van der Waals surface area contributed by atoms with Gasteiger partial charge in [-0.1, -0.05) is 313 Å². The minimum Gasteiger partial charge on any atom is -0.455 e. The first kappa shape index (κ1) is 82.1. The molecule has 12 nitrogen and oxygen atoms in total. The fourth-order valence-corrected chi connectivity index (χ4v) is 23.2. The highest BCUT2D eigenvalue weighted by atomic mass is 16.4. The summed E-state index contributed by atoms with van der Waals surface area (Å²) in [5.74, 6) is 0.488. The standard InChI is InChI=1S/C46H32N2O2.C44H30N2O2.C41H24N2O2/c1-2-12-27(13-3-1)28-22-29(39-26-47-43-35-18-6-4-14-31(35)32-15-5-7-19-36(32)44(43)48-39)24-30(23-28)42-45-37(33-16-8-10-20-40(33)49-45)25-38-34-17-9-11-21-41(34)50-46(38)42;1-44(2,3)27-21-25(36-24-45-40-32-16-6-4-12-28(32)29-13-5-7-17-33(29)41(40)46-36)20-26(22-27)39-42-34(30-14-8-10-18-37(30)47-42)23-35-31-15-9-11-19-38(31)48-43(35)39;1-23-18-24(34-22-42-38-30-14-4-2-10-26(30)27-11-3-5-15-31(27)39(38)43-34)20-25(19-23)37-40-32(28-12-6-8-16-35(28)44-40)21-33-29-13-7-9-17-36(29)45-41(33)37/h4-11,14-27H,1-3,12-13H2;4-24H,1-3H3;2-22H,1H3. The van der Waals surface area contributed by atoms with E-state index in [4.69, 9.17) is 56.4 Å². The molecular formula is C131H86N6O6. The Morgan fingerprint density at radius 2 is 0.441 bits per heavy atom. The molecule has 0 spiro atoms. The molecule has 0 saturated heterocycles. The van der Waals surface area contributed by atoms with E-state index in [0.717, 1.165) is 270 Å². The van der Waals surface area contributed by atoms with Crippen molar-refractivity contribution in [2.45, 2.75) is 71.1 Å². The zero-order valence-electron chi connectivity index (χ0n) is 78.6. The maximum atomic E-state index is 6.73. The number of para-hydroxylation sites is 6. The molecule has 0 atom stereocenters. The minimum absolute atomic E-state index is 0.132. The third-order valence-corrected chi connectivity index (χ3v) is 30.0. The third-order valence-electron chi connectivity index (χ3n) is 30.0. The second-order valence-electron chi connectivity index (χ2n) is 39.6. The van der Waals surface area contributed by atoms with E-state index < -0.39 is 0 Å². The van der Waals surface area contributed by atoms with Crippen LogP contribution in [0.15, 0.2) is 409 Å². The van der Waals surface area contributed by atoms with Gasteiger partial charge in [-0.2, -0.15) is 0 Å². The topological polar surface area (TPSA) is 156 Å². The van der Waals surface area contributed by atoms with E-state index >= 15 is 0 Å². The maximum Gasteiger partial charge on any atom is 0.147 e. The Morgan fingerprint density at radius 1 is 0.217 bits per heavy atom. The van der Waals surface area contributed by atoms with E-state index in [1.165, 1.54) is 75.5 Å². The van der Waals surface area contributed by atoms with Gasteiger partial charge in [0.05, 0.1) is 85.5 Å². The Balaban J connectivity index is 0.000000102. The van der Waals surface area contributed by atoms with Gasteiger partial charge in [0, 0.05) is 114 Å². The Labute approximate surface area is 817 Å². The predicted molar refractivity (Wildman–Crippen MR) is 589 cm³/mol. The van der Waals surface area contributed by atoms with Crippen LogP contribution < -0.4 is 0 Å². The van der Waals surface area contributed by atoms with Gasteiger partial charge in [0.15, 0.2) is 0 Å². The first-order valence-corrected chi connectivity index (χ1v) is 49.3. The molecule has 1 fully saturated rings. The minimum atomic E-state index is -0.132. The van der Waals surface area contributed by atoms with Crippen molar-refractivity contribution in [2.75, 3.05) is 0 Å². The van der Waals surface area contributed by atoms with E-state index in [2.05, 4.69) is 331 Å². The van der Waals surface area contributed by atoms with Crippen LogP contribution in [0.25, 0.3) is 297 Å². The van der Waals surface area contributed by atoms with Crippen molar-refractivity contribution in [3.8, 4) is 67.2 Å². The number of rotatable bonds is 7. The van der Waals surface area contributed by atoms with Crippen LogP contribution >= 0.6 is 0 Å². The lowest BCUT2D eigenvalue weighted by molar-refractivity contribution is 0.444. The fraction of sp³-hybridized carbons (Fsp3) is 0.0840.